The number of nitrogens with one attached hydrogen (secondary N) is 1. The van der Waals surface area contributed by atoms with Crippen LogP contribution in [0, 0.1) is 34.0 Å². The summed E-state index contributed by atoms with van der Waals surface area (Å²) in [5.41, 5.74) is 4.89. The molecule has 0 aliphatic carbocycles. The number of nitriles is 3. The first-order valence-corrected chi connectivity index (χ1v) is 12.7. The lowest BCUT2D eigenvalue weighted by molar-refractivity contribution is 0.307. The largest absolute Gasteiger partial charge is 0.455 e. The first-order valence-electron chi connectivity index (χ1n) is 12.7. The van der Waals surface area contributed by atoms with Crippen LogP contribution in [0.3, 0.4) is 0 Å². The van der Waals surface area contributed by atoms with Crippen LogP contribution in [0.1, 0.15) is 47.2 Å². The summed E-state index contributed by atoms with van der Waals surface area (Å²) >= 11 is 0. The molecule has 6 aromatic rings. The van der Waals surface area contributed by atoms with Crippen LogP contribution < -0.4 is 5.32 Å². The maximum absolute atomic E-state index is 10.3. The minimum Gasteiger partial charge on any atom is -0.455 e. The number of rotatable bonds is 2. The Balaban J connectivity index is 1.34. The molecule has 2 atom stereocenters. The standard InChI is InChI=1S/C32H21N5O/c33-15-23-24(16-34)31-22-9-3-6-12-28(22)38-32(31)25(17-35)30(23)19-13-14-29(36-18-19)37-26-10-4-1-7-20(26)21-8-2-5-11-27(21)37/h1-12,19,29,36H,13-14,18H2. The van der Waals surface area contributed by atoms with Gasteiger partial charge in [0.25, 0.3) is 0 Å². The molecule has 6 nitrogen and oxygen atoms in total. The Morgan fingerprint density at radius 1 is 0.711 bits per heavy atom. The molecule has 0 amide bonds. The molecule has 7 rings (SSSR count). The topological polar surface area (TPSA) is 101 Å². The number of hydrogen-bond donors (Lipinski definition) is 1. The van der Waals surface area contributed by atoms with Crippen molar-refractivity contribution in [3.8, 4) is 18.2 Å². The molecular weight excluding hydrogens is 470 g/mol. The molecule has 0 spiro atoms. The molecular formula is C32H21N5O. The average Bonchev–Trinajstić information content (AvgIpc) is 3.52. The molecule has 6 heteroatoms. The van der Waals surface area contributed by atoms with Gasteiger partial charge in [-0.05, 0) is 42.5 Å². The van der Waals surface area contributed by atoms with Crippen LogP contribution in [0.2, 0.25) is 0 Å². The van der Waals surface area contributed by atoms with Crippen LogP contribution in [0.5, 0.6) is 0 Å². The van der Waals surface area contributed by atoms with Crippen molar-refractivity contribution >= 4 is 43.7 Å². The van der Waals surface area contributed by atoms with Crippen molar-refractivity contribution in [1.29, 1.82) is 15.8 Å². The molecule has 38 heavy (non-hydrogen) atoms. The Bertz CT molecular complexity index is 1980. The van der Waals surface area contributed by atoms with Gasteiger partial charge in [-0.1, -0.05) is 54.6 Å². The number of hydrogen-bond acceptors (Lipinski definition) is 5. The fourth-order valence-corrected chi connectivity index (χ4v) is 6.32. The molecule has 1 fully saturated rings. The lowest BCUT2D eigenvalue weighted by Crippen LogP contribution is -2.36. The smallest absolute Gasteiger partial charge is 0.154 e. The van der Waals surface area contributed by atoms with E-state index in [9.17, 15) is 15.8 Å². The van der Waals surface area contributed by atoms with E-state index in [1.165, 1.54) is 21.8 Å². The molecule has 1 N–H and O–H groups in total. The van der Waals surface area contributed by atoms with Gasteiger partial charge in [0.05, 0.1) is 28.3 Å². The van der Waals surface area contributed by atoms with E-state index in [-0.39, 0.29) is 23.2 Å². The van der Waals surface area contributed by atoms with E-state index < -0.39 is 0 Å². The zero-order valence-corrected chi connectivity index (χ0v) is 20.4. The number of nitrogens with zero attached hydrogens (tertiary/aromatic N) is 4. The Labute approximate surface area is 218 Å². The Morgan fingerprint density at radius 2 is 1.32 bits per heavy atom. The summed E-state index contributed by atoms with van der Waals surface area (Å²) in [5, 5.41) is 38.1. The predicted octanol–water partition coefficient (Wildman–Crippen LogP) is 6.97. The second kappa shape index (κ2) is 8.49. The lowest BCUT2D eigenvalue weighted by atomic mass is 9.81. The Morgan fingerprint density at radius 3 is 1.92 bits per heavy atom. The molecule has 2 unspecified atom stereocenters. The van der Waals surface area contributed by atoms with E-state index in [0.717, 1.165) is 18.2 Å². The van der Waals surface area contributed by atoms with Crippen LogP contribution in [0.15, 0.2) is 77.2 Å². The third-order valence-electron chi connectivity index (χ3n) is 7.92. The molecule has 0 radical (unpaired) electrons. The van der Waals surface area contributed by atoms with E-state index >= 15 is 0 Å². The van der Waals surface area contributed by atoms with Crippen molar-refractivity contribution in [3.63, 3.8) is 0 Å². The quantitative estimate of drug-likeness (QED) is 0.282. The van der Waals surface area contributed by atoms with Crippen LogP contribution in [0.4, 0.5) is 0 Å². The number of furan rings is 1. The van der Waals surface area contributed by atoms with Crippen LogP contribution >= 0.6 is 0 Å². The first-order chi connectivity index (χ1) is 18.7. The highest BCUT2D eigenvalue weighted by Crippen LogP contribution is 2.43. The fraction of sp³-hybridized carbons (Fsp3) is 0.156. The van der Waals surface area contributed by atoms with Crippen LogP contribution in [-0.4, -0.2) is 11.1 Å². The maximum Gasteiger partial charge on any atom is 0.154 e. The van der Waals surface area contributed by atoms with Crippen molar-refractivity contribution < 1.29 is 4.42 Å². The summed E-state index contributed by atoms with van der Waals surface area (Å²) in [6, 6.07) is 31.1. The zero-order chi connectivity index (χ0) is 25.8. The minimum atomic E-state index is -0.103. The van der Waals surface area contributed by atoms with E-state index in [1.54, 1.807) is 0 Å². The van der Waals surface area contributed by atoms with Gasteiger partial charge in [0.2, 0.25) is 0 Å². The van der Waals surface area contributed by atoms with Gasteiger partial charge in [-0.3, -0.25) is 5.32 Å². The summed E-state index contributed by atoms with van der Waals surface area (Å²) in [6.45, 7) is 0.575. The van der Waals surface area contributed by atoms with Crippen molar-refractivity contribution in [2.24, 2.45) is 0 Å². The maximum atomic E-state index is 10.3. The predicted molar refractivity (Wildman–Crippen MR) is 146 cm³/mol. The third kappa shape index (κ3) is 3.01. The van der Waals surface area contributed by atoms with E-state index in [1.807, 2.05) is 24.3 Å². The summed E-state index contributed by atoms with van der Waals surface area (Å²) < 4.78 is 8.48. The van der Waals surface area contributed by atoms with Gasteiger partial charge in [-0.25, -0.2) is 0 Å². The third-order valence-corrected chi connectivity index (χ3v) is 7.92. The number of piperidine rings is 1. The molecule has 1 aliphatic rings. The first kappa shape index (κ1) is 22.1. The summed E-state index contributed by atoms with van der Waals surface area (Å²) in [5.74, 6) is -0.103. The van der Waals surface area contributed by atoms with Crippen molar-refractivity contribution in [2.75, 3.05) is 6.54 Å². The second-order valence-corrected chi connectivity index (χ2v) is 9.78. The minimum absolute atomic E-state index is 0.0671. The highest BCUT2D eigenvalue weighted by molar-refractivity contribution is 6.11. The van der Waals surface area contributed by atoms with Gasteiger partial charge in [0, 0.05) is 28.1 Å². The number of fused-ring (bicyclic) bond motifs is 6. The molecule has 1 saturated heterocycles. The molecule has 0 saturated carbocycles. The lowest BCUT2D eigenvalue weighted by Gasteiger charge is -2.33. The van der Waals surface area contributed by atoms with E-state index in [2.05, 4.69) is 76.6 Å². The van der Waals surface area contributed by atoms with E-state index in [0.29, 0.717) is 34.2 Å². The van der Waals surface area contributed by atoms with E-state index in [4.69, 9.17) is 4.42 Å². The summed E-state index contributed by atoms with van der Waals surface area (Å²) in [6.07, 6.45) is 1.64. The SMILES string of the molecule is N#Cc1c(C2CCC(n3c4ccccc4c4ccccc43)NC2)c(C#N)c2oc3ccccc3c2c1C#N. The van der Waals surface area contributed by atoms with Crippen molar-refractivity contribution in [1.82, 2.24) is 9.88 Å². The highest BCUT2D eigenvalue weighted by Gasteiger charge is 2.32. The fourth-order valence-electron chi connectivity index (χ4n) is 6.32. The number of benzene rings is 4. The van der Waals surface area contributed by atoms with Crippen LogP contribution in [-0.2, 0) is 0 Å². The summed E-state index contributed by atoms with van der Waals surface area (Å²) in [7, 11) is 0. The number of para-hydroxylation sites is 3. The van der Waals surface area contributed by atoms with Gasteiger partial charge in [0.1, 0.15) is 29.4 Å². The van der Waals surface area contributed by atoms with Gasteiger partial charge in [-0.15, -0.1) is 0 Å². The van der Waals surface area contributed by atoms with Gasteiger partial charge in [-0.2, -0.15) is 15.8 Å². The molecule has 0 bridgehead atoms. The van der Waals surface area contributed by atoms with Crippen LogP contribution in [0.25, 0.3) is 43.7 Å². The summed E-state index contributed by atoms with van der Waals surface area (Å²) in [4.78, 5) is 0. The van der Waals surface area contributed by atoms with Gasteiger partial charge >= 0.3 is 0 Å². The molecule has 180 valence electrons. The molecule has 3 heterocycles. The monoisotopic (exact) mass is 491 g/mol. The molecule has 1 aliphatic heterocycles. The molecule has 4 aromatic carbocycles. The highest BCUT2D eigenvalue weighted by atomic mass is 16.3. The zero-order valence-electron chi connectivity index (χ0n) is 20.4. The normalized spacial score (nSPS) is 17.5. The van der Waals surface area contributed by atoms with Crippen molar-refractivity contribution in [3.05, 3.63) is 95.1 Å². The Hall–Kier alpha value is -5.09. The second-order valence-electron chi connectivity index (χ2n) is 9.78. The van der Waals surface area contributed by atoms with Crippen molar-refractivity contribution in [2.45, 2.75) is 24.9 Å². The number of aromatic nitrogens is 1. The van der Waals surface area contributed by atoms with Gasteiger partial charge in [0.15, 0.2) is 5.58 Å². The molecule has 2 aromatic heterocycles. The van der Waals surface area contributed by atoms with Gasteiger partial charge < -0.3 is 8.98 Å². The average molecular weight is 492 g/mol. The Kier molecular flexibility index (Phi) is 4.95.